The Kier molecular flexibility index (Phi) is 6.60. The molecule has 0 radical (unpaired) electrons. The lowest BCUT2D eigenvalue weighted by molar-refractivity contribution is -0.385. The van der Waals surface area contributed by atoms with Crippen LogP contribution in [0.1, 0.15) is 66.9 Å². The van der Waals surface area contributed by atoms with E-state index in [9.17, 15) is 14.9 Å². The largest absolute Gasteiger partial charge is 0.454 e. The average Bonchev–Trinajstić information content (AvgIpc) is 3.24. The zero-order valence-corrected chi connectivity index (χ0v) is 20.1. The van der Waals surface area contributed by atoms with Crippen LogP contribution in [0, 0.1) is 16.0 Å². The number of carbonyl (C=O) groups excluding carboxylic acids is 1. The van der Waals surface area contributed by atoms with Crippen LogP contribution in [0.25, 0.3) is 0 Å². The fraction of sp³-hybridized carbons (Fsp3) is 0.696. The Morgan fingerprint density at radius 1 is 1.19 bits per heavy atom. The maximum atomic E-state index is 13.1. The minimum Gasteiger partial charge on any atom is -0.454 e. The molecule has 2 aliphatic heterocycles. The van der Waals surface area contributed by atoms with Gasteiger partial charge in [0.25, 0.3) is 5.69 Å². The number of nitrogens with zero attached hydrogens (tertiary/aromatic N) is 3. The highest BCUT2D eigenvalue weighted by atomic mass is 16.7. The van der Waals surface area contributed by atoms with E-state index < -0.39 is 17.2 Å². The monoisotopic (exact) mass is 449 g/mol. The van der Waals surface area contributed by atoms with E-state index in [0.29, 0.717) is 30.0 Å². The summed E-state index contributed by atoms with van der Waals surface area (Å²) >= 11 is 0. The second kappa shape index (κ2) is 8.77. The molecule has 9 heteroatoms. The van der Waals surface area contributed by atoms with Crippen molar-refractivity contribution in [2.24, 2.45) is 5.92 Å². The van der Waals surface area contributed by atoms with Gasteiger partial charge in [0.05, 0.1) is 11.0 Å². The van der Waals surface area contributed by atoms with Crippen LogP contribution in [0.4, 0.5) is 10.5 Å². The van der Waals surface area contributed by atoms with Crippen molar-refractivity contribution in [3.8, 4) is 11.5 Å². The van der Waals surface area contributed by atoms with Gasteiger partial charge in [-0.15, -0.1) is 0 Å². The molecule has 0 N–H and O–H groups in total. The predicted octanol–water partition coefficient (Wildman–Crippen LogP) is 4.92. The van der Waals surface area contributed by atoms with Crippen molar-refractivity contribution in [3.63, 3.8) is 0 Å². The first-order chi connectivity index (χ1) is 14.8. The second-order valence-electron chi connectivity index (χ2n) is 10.5. The number of nitro benzene ring substituents is 1. The van der Waals surface area contributed by atoms with E-state index >= 15 is 0 Å². The van der Waals surface area contributed by atoms with Crippen LogP contribution in [0.2, 0.25) is 0 Å². The first-order valence-electron chi connectivity index (χ1n) is 11.2. The van der Waals surface area contributed by atoms with Gasteiger partial charge in [0.2, 0.25) is 6.79 Å². The van der Waals surface area contributed by atoms with Gasteiger partial charge in [-0.3, -0.25) is 10.1 Å². The van der Waals surface area contributed by atoms with Gasteiger partial charge < -0.3 is 14.2 Å². The molecule has 32 heavy (non-hydrogen) atoms. The number of hydrazine groups is 1. The maximum Gasteiger partial charge on any atom is 0.425 e. The van der Waals surface area contributed by atoms with Gasteiger partial charge in [0.1, 0.15) is 5.60 Å². The van der Waals surface area contributed by atoms with E-state index in [1.807, 2.05) is 41.5 Å². The van der Waals surface area contributed by atoms with Gasteiger partial charge in [0, 0.05) is 23.7 Å². The van der Waals surface area contributed by atoms with E-state index in [0.717, 1.165) is 12.8 Å². The summed E-state index contributed by atoms with van der Waals surface area (Å²) in [4.78, 5) is 24.6. The van der Waals surface area contributed by atoms with Crippen LogP contribution in [-0.2, 0) is 11.2 Å². The number of fused-ring (bicyclic) bond motifs is 1. The summed E-state index contributed by atoms with van der Waals surface area (Å²) in [5.41, 5.74) is -0.427. The molecule has 1 saturated heterocycles. The van der Waals surface area contributed by atoms with Crippen molar-refractivity contribution in [2.75, 3.05) is 13.3 Å². The Bertz CT molecular complexity index is 874. The molecule has 3 rings (SSSR count). The van der Waals surface area contributed by atoms with Crippen LogP contribution in [0.5, 0.6) is 11.5 Å². The van der Waals surface area contributed by atoms with Gasteiger partial charge in [-0.2, -0.15) is 0 Å². The SMILES string of the molecule is CCC[C@H]1CN(C(=O)OC(C)(C)C)N(C(C)(C)C)[C@@H]1Cc1cc2c(cc1[N+](=O)[O-])OCO2. The lowest BCUT2D eigenvalue weighted by Gasteiger charge is -2.42. The van der Waals surface area contributed by atoms with Crippen LogP contribution in [0.3, 0.4) is 0 Å². The molecule has 178 valence electrons. The van der Waals surface area contributed by atoms with Gasteiger partial charge >= 0.3 is 6.09 Å². The molecular weight excluding hydrogens is 414 g/mol. The summed E-state index contributed by atoms with van der Waals surface area (Å²) in [6.07, 6.45) is 1.87. The summed E-state index contributed by atoms with van der Waals surface area (Å²) in [5, 5.41) is 15.6. The molecule has 0 saturated carbocycles. The van der Waals surface area contributed by atoms with Crippen LogP contribution in [0.15, 0.2) is 12.1 Å². The molecule has 0 unspecified atom stereocenters. The second-order valence-corrected chi connectivity index (χ2v) is 10.5. The summed E-state index contributed by atoms with van der Waals surface area (Å²) in [7, 11) is 0. The predicted molar refractivity (Wildman–Crippen MR) is 120 cm³/mol. The number of benzene rings is 1. The zero-order valence-electron chi connectivity index (χ0n) is 20.1. The number of ether oxygens (including phenoxy) is 3. The fourth-order valence-corrected chi connectivity index (χ4v) is 4.59. The lowest BCUT2D eigenvalue weighted by atomic mass is 9.89. The minimum atomic E-state index is -0.616. The number of hydrogen-bond donors (Lipinski definition) is 0. The van der Waals surface area contributed by atoms with Crippen molar-refractivity contribution in [1.29, 1.82) is 0 Å². The van der Waals surface area contributed by atoms with Crippen LogP contribution < -0.4 is 9.47 Å². The number of hydrogen-bond acceptors (Lipinski definition) is 7. The van der Waals surface area contributed by atoms with Crippen molar-refractivity contribution in [2.45, 2.75) is 84.9 Å². The van der Waals surface area contributed by atoms with E-state index in [1.54, 1.807) is 11.1 Å². The average molecular weight is 450 g/mol. The van der Waals surface area contributed by atoms with Gasteiger partial charge in [-0.1, -0.05) is 13.3 Å². The Labute approximate surface area is 189 Å². The molecule has 1 aromatic carbocycles. The molecule has 9 nitrogen and oxygen atoms in total. The third-order valence-corrected chi connectivity index (χ3v) is 5.68. The van der Waals surface area contributed by atoms with E-state index in [2.05, 4.69) is 11.9 Å². The maximum absolute atomic E-state index is 13.1. The number of nitro groups is 1. The van der Waals surface area contributed by atoms with Crippen molar-refractivity contribution < 1.29 is 23.9 Å². The van der Waals surface area contributed by atoms with E-state index in [-0.39, 0.29) is 29.4 Å². The number of rotatable bonds is 5. The smallest absolute Gasteiger partial charge is 0.425 e. The summed E-state index contributed by atoms with van der Waals surface area (Å²) in [6, 6.07) is 3.04. The first-order valence-corrected chi connectivity index (χ1v) is 11.2. The highest BCUT2D eigenvalue weighted by Crippen LogP contribution is 2.42. The molecule has 2 heterocycles. The molecule has 0 aliphatic carbocycles. The zero-order chi connectivity index (χ0) is 23.8. The van der Waals surface area contributed by atoms with E-state index in [4.69, 9.17) is 14.2 Å². The molecule has 0 bridgehead atoms. The van der Waals surface area contributed by atoms with Crippen molar-refractivity contribution in [1.82, 2.24) is 10.0 Å². The normalized spacial score (nSPS) is 21.2. The highest BCUT2D eigenvalue weighted by Gasteiger charge is 2.48. The number of amides is 1. The van der Waals surface area contributed by atoms with E-state index in [1.165, 1.54) is 6.07 Å². The van der Waals surface area contributed by atoms with Crippen molar-refractivity contribution in [3.05, 3.63) is 27.8 Å². The fourth-order valence-electron chi connectivity index (χ4n) is 4.59. The Hall–Kier alpha value is -2.55. The topological polar surface area (TPSA) is 94.4 Å². The Morgan fingerprint density at radius 2 is 1.81 bits per heavy atom. The quantitative estimate of drug-likeness (QED) is 0.465. The van der Waals surface area contributed by atoms with Crippen LogP contribution in [-0.4, -0.2) is 51.6 Å². The summed E-state index contributed by atoms with van der Waals surface area (Å²) < 4.78 is 16.5. The molecular formula is C23H35N3O6. The minimum absolute atomic E-state index is 0.00840. The molecule has 1 amide bonds. The Morgan fingerprint density at radius 3 is 2.34 bits per heavy atom. The van der Waals surface area contributed by atoms with Crippen molar-refractivity contribution >= 4 is 11.8 Å². The lowest BCUT2D eigenvalue weighted by Crippen LogP contribution is -2.56. The third kappa shape index (κ3) is 5.09. The summed E-state index contributed by atoms with van der Waals surface area (Å²) in [5.74, 6) is 1.05. The first kappa shape index (κ1) is 24.1. The highest BCUT2D eigenvalue weighted by molar-refractivity contribution is 5.68. The van der Waals surface area contributed by atoms with Gasteiger partial charge in [-0.05, 0) is 66.4 Å². The van der Waals surface area contributed by atoms with Gasteiger partial charge in [-0.25, -0.2) is 14.8 Å². The molecule has 1 fully saturated rings. The molecule has 0 spiro atoms. The number of carbonyl (C=O) groups is 1. The summed E-state index contributed by atoms with van der Waals surface area (Å²) in [6.45, 7) is 14.3. The third-order valence-electron chi connectivity index (χ3n) is 5.68. The molecule has 2 atom stereocenters. The Balaban J connectivity index is 2.00. The van der Waals surface area contributed by atoms with Crippen LogP contribution >= 0.6 is 0 Å². The van der Waals surface area contributed by atoms with Gasteiger partial charge in [0.15, 0.2) is 11.5 Å². The molecule has 1 aromatic rings. The standard InChI is InChI=1S/C23H35N3O6/c1-8-9-15-13-24(21(27)32-23(5,6)7)25(22(2,3)4)17(15)10-16-11-19-20(31-14-30-19)12-18(16)26(28)29/h11-12,15,17H,8-10,13-14H2,1-7H3/t15-,17+/m0/s1. The molecule has 2 aliphatic rings. The molecule has 0 aromatic heterocycles.